The van der Waals surface area contributed by atoms with Crippen LogP contribution in [0.3, 0.4) is 0 Å². The van der Waals surface area contributed by atoms with Crippen LogP contribution in [0.15, 0.2) is 55.0 Å². The Morgan fingerprint density at radius 2 is 1.94 bits per heavy atom. The van der Waals surface area contributed by atoms with E-state index in [0.29, 0.717) is 24.0 Å². The summed E-state index contributed by atoms with van der Waals surface area (Å²) in [7, 11) is 0. The molecule has 0 spiro atoms. The van der Waals surface area contributed by atoms with E-state index in [2.05, 4.69) is 26.3 Å². The molecule has 0 saturated carbocycles. The lowest BCUT2D eigenvalue weighted by atomic mass is 9.92. The highest BCUT2D eigenvalue weighted by Crippen LogP contribution is 2.24. The Kier molecular flexibility index (Phi) is 6.94. The van der Waals surface area contributed by atoms with Crippen LogP contribution >= 0.6 is 11.6 Å². The van der Waals surface area contributed by atoms with Crippen molar-refractivity contribution in [3.63, 3.8) is 0 Å². The van der Waals surface area contributed by atoms with Gasteiger partial charge in [-0.3, -0.25) is 14.3 Å². The predicted octanol–water partition coefficient (Wildman–Crippen LogP) is 4.69. The Labute approximate surface area is 186 Å². The summed E-state index contributed by atoms with van der Waals surface area (Å²) in [5.41, 5.74) is 1.69. The molecule has 2 aromatic heterocycles. The van der Waals surface area contributed by atoms with E-state index in [4.69, 9.17) is 11.6 Å². The molecule has 0 atom stereocenters. The number of hydrogen-bond donors (Lipinski definition) is 1. The molecule has 1 aromatic carbocycles. The monoisotopic (exact) mass is 441 g/mol. The average Bonchev–Trinajstić information content (AvgIpc) is 3.24. The molecule has 1 aliphatic heterocycles. The van der Waals surface area contributed by atoms with Gasteiger partial charge in [0.25, 0.3) is 0 Å². The molecule has 1 N–H and O–H groups in total. The van der Waals surface area contributed by atoms with Gasteiger partial charge in [0.1, 0.15) is 5.82 Å². The maximum Gasteiger partial charge on any atom is 0.233 e. The van der Waals surface area contributed by atoms with Gasteiger partial charge in [-0.2, -0.15) is 0 Å². The first kappa shape index (κ1) is 21.5. The SMILES string of the molecule is O=C(CCC1CCN(Cc2cccn2-c2ncccn2)CC1)Nc1ccc(F)c(Cl)c1. The van der Waals surface area contributed by atoms with Crippen LogP contribution in [0, 0.1) is 11.7 Å². The molecule has 6 nitrogen and oxygen atoms in total. The molecule has 0 aliphatic carbocycles. The summed E-state index contributed by atoms with van der Waals surface area (Å²) in [5.74, 6) is 0.662. The van der Waals surface area contributed by atoms with Crippen molar-refractivity contribution < 1.29 is 9.18 Å². The Morgan fingerprint density at radius 3 is 2.68 bits per heavy atom. The molecule has 162 valence electrons. The van der Waals surface area contributed by atoms with Gasteiger partial charge in [0.2, 0.25) is 11.9 Å². The van der Waals surface area contributed by atoms with Gasteiger partial charge in [-0.05, 0) is 74.7 Å². The predicted molar refractivity (Wildman–Crippen MR) is 119 cm³/mol. The van der Waals surface area contributed by atoms with Gasteiger partial charge < -0.3 is 5.32 Å². The number of carbonyl (C=O) groups is 1. The zero-order valence-corrected chi connectivity index (χ0v) is 17.9. The van der Waals surface area contributed by atoms with Crippen LogP contribution < -0.4 is 5.32 Å². The van der Waals surface area contributed by atoms with Crippen LogP contribution in [0.2, 0.25) is 5.02 Å². The molecule has 4 rings (SSSR count). The van der Waals surface area contributed by atoms with Gasteiger partial charge in [0.05, 0.1) is 5.02 Å². The summed E-state index contributed by atoms with van der Waals surface area (Å²) >= 11 is 5.77. The highest BCUT2D eigenvalue weighted by molar-refractivity contribution is 6.31. The van der Waals surface area contributed by atoms with Gasteiger partial charge >= 0.3 is 0 Å². The van der Waals surface area contributed by atoms with E-state index < -0.39 is 5.82 Å². The van der Waals surface area contributed by atoms with Crippen LogP contribution in [0.25, 0.3) is 5.95 Å². The third-order valence-electron chi connectivity index (χ3n) is 5.68. The molecule has 3 heterocycles. The number of likely N-dealkylation sites (tertiary alicyclic amines) is 1. The van der Waals surface area contributed by atoms with Gasteiger partial charge in [-0.15, -0.1) is 0 Å². The van der Waals surface area contributed by atoms with Crippen LogP contribution in [0.1, 0.15) is 31.4 Å². The minimum atomic E-state index is -0.491. The molecule has 0 bridgehead atoms. The standard InChI is InChI=1S/C23H25ClFN5O/c24-20-15-18(5-6-21(20)25)28-22(31)7-4-17-8-13-29(14-9-17)16-19-3-1-12-30(19)23-26-10-2-11-27-23/h1-3,5-6,10-12,15,17H,4,7-9,13-14,16H2,(H,28,31). The first-order valence-corrected chi connectivity index (χ1v) is 10.9. The van der Waals surface area contributed by atoms with E-state index in [-0.39, 0.29) is 10.9 Å². The molecule has 3 aromatic rings. The fourth-order valence-electron chi connectivity index (χ4n) is 3.95. The maximum atomic E-state index is 13.2. The van der Waals surface area contributed by atoms with Crippen LogP contribution in [0.5, 0.6) is 0 Å². The van der Waals surface area contributed by atoms with Gasteiger partial charge in [0.15, 0.2) is 0 Å². The van der Waals surface area contributed by atoms with Gasteiger partial charge in [0, 0.05) is 42.9 Å². The third-order valence-corrected chi connectivity index (χ3v) is 5.97. The van der Waals surface area contributed by atoms with Crippen molar-refractivity contribution in [2.45, 2.75) is 32.2 Å². The smallest absolute Gasteiger partial charge is 0.233 e. The summed E-state index contributed by atoms with van der Waals surface area (Å²) in [6.07, 6.45) is 8.92. The van der Waals surface area contributed by atoms with Crippen LogP contribution in [0.4, 0.5) is 10.1 Å². The minimum Gasteiger partial charge on any atom is -0.326 e. The number of halogens is 2. The zero-order chi connectivity index (χ0) is 21.6. The largest absolute Gasteiger partial charge is 0.326 e. The molecule has 8 heteroatoms. The van der Waals surface area contributed by atoms with E-state index in [9.17, 15) is 9.18 Å². The number of rotatable bonds is 7. The van der Waals surface area contributed by atoms with Crippen molar-refractivity contribution in [1.29, 1.82) is 0 Å². The first-order chi connectivity index (χ1) is 15.1. The molecule has 1 amide bonds. The molecule has 31 heavy (non-hydrogen) atoms. The zero-order valence-electron chi connectivity index (χ0n) is 17.2. The van der Waals surface area contributed by atoms with Gasteiger partial charge in [-0.1, -0.05) is 11.6 Å². The third kappa shape index (κ3) is 5.68. The van der Waals surface area contributed by atoms with Crippen LogP contribution in [-0.2, 0) is 11.3 Å². The summed E-state index contributed by atoms with van der Waals surface area (Å²) in [4.78, 5) is 23.3. The molecule has 0 radical (unpaired) electrons. The van der Waals surface area contributed by atoms with Crippen molar-refractivity contribution >= 4 is 23.2 Å². The van der Waals surface area contributed by atoms with Crippen molar-refractivity contribution in [3.8, 4) is 5.95 Å². The number of piperidine rings is 1. The number of benzene rings is 1. The van der Waals surface area contributed by atoms with Gasteiger partial charge in [-0.25, -0.2) is 14.4 Å². The molecule has 1 fully saturated rings. The molecular weight excluding hydrogens is 417 g/mol. The highest BCUT2D eigenvalue weighted by atomic mass is 35.5. The number of nitrogens with one attached hydrogen (secondary N) is 1. The lowest BCUT2D eigenvalue weighted by Gasteiger charge is -2.32. The molecule has 1 saturated heterocycles. The van der Waals surface area contributed by atoms with E-state index in [1.54, 1.807) is 12.4 Å². The van der Waals surface area contributed by atoms with Crippen molar-refractivity contribution in [3.05, 3.63) is 71.5 Å². The normalized spacial score (nSPS) is 15.2. The Balaban J connectivity index is 1.22. The Morgan fingerprint density at radius 1 is 1.16 bits per heavy atom. The van der Waals surface area contributed by atoms with E-state index in [1.807, 2.05) is 22.9 Å². The summed E-state index contributed by atoms with van der Waals surface area (Å²) < 4.78 is 15.3. The molecule has 0 unspecified atom stereocenters. The lowest BCUT2D eigenvalue weighted by molar-refractivity contribution is -0.116. The van der Waals surface area contributed by atoms with Crippen molar-refractivity contribution in [2.24, 2.45) is 5.92 Å². The fraction of sp³-hybridized carbons (Fsp3) is 0.348. The second kappa shape index (κ2) is 10.0. The first-order valence-electron chi connectivity index (χ1n) is 10.5. The second-order valence-corrected chi connectivity index (χ2v) is 8.26. The molecular formula is C23H25ClFN5O. The van der Waals surface area contributed by atoms with Crippen molar-refractivity contribution in [1.82, 2.24) is 19.4 Å². The topological polar surface area (TPSA) is 63.1 Å². The quantitative estimate of drug-likeness (QED) is 0.577. The Hall–Kier alpha value is -2.77. The minimum absolute atomic E-state index is 0.00939. The average molecular weight is 442 g/mol. The highest BCUT2D eigenvalue weighted by Gasteiger charge is 2.21. The second-order valence-electron chi connectivity index (χ2n) is 7.85. The lowest BCUT2D eigenvalue weighted by Crippen LogP contribution is -2.34. The van der Waals surface area contributed by atoms with E-state index in [1.165, 1.54) is 23.9 Å². The number of amides is 1. The van der Waals surface area contributed by atoms with E-state index >= 15 is 0 Å². The number of nitrogens with zero attached hydrogens (tertiary/aromatic N) is 4. The Bertz CT molecular complexity index is 1020. The number of anilines is 1. The fourth-order valence-corrected chi connectivity index (χ4v) is 4.13. The molecule has 1 aliphatic rings. The van der Waals surface area contributed by atoms with Crippen LogP contribution in [-0.4, -0.2) is 38.4 Å². The number of hydrogen-bond acceptors (Lipinski definition) is 4. The summed E-state index contributed by atoms with van der Waals surface area (Å²) in [5, 5.41) is 2.80. The summed E-state index contributed by atoms with van der Waals surface area (Å²) in [6.45, 7) is 2.85. The number of aromatic nitrogens is 3. The summed E-state index contributed by atoms with van der Waals surface area (Å²) in [6, 6.07) is 10.2. The van der Waals surface area contributed by atoms with E-state index in [0.717, 1.165) is 38.9 Å². The maximum absolute atomic E-state index is 13.2. The van der Waals surface area contributed by atoms with Crippen molar-refractivity contribution in [2.75, 3.05) is 18.4 Å². The number of carbonyl (C=O) groups excluding carboxylic acids is 1.